The van der Waals surface area contributed by atoms with Crippen LogP contribution in [-0.2, 0) is 17.9 Å². The van der Waals surface area contributed by atoms with Gasteiger partial charge >= 0.3 is 0 Å². The molecular weight excluding hydrogens is 364 g/mol. The lowest BCUT2D eigenvalue weighted by atomic mass is 10.2. The maximum Gasteiger partial charge on any atom is 0.222 e. The van der Waals surface area contributed by atoms with E-state index in [1.165, 1.54) is 11.3 Å². The summed E-state index contributed by atoms with van der Waals surface area (Å²) in [4.78, 5) is 18.7. The molecule has 148 valence electrons. The van der Waals surface area contributed by atoms with Crippen LogP contribution in [0.15, 0.2) is 23.6 Å². The normalized spacial score (nSPS) is 11.7. The SMILES string of the molecule is CCC(=O)N(Cc1csc(COc2c(OC)cccc2OC)n1)[C@@H](C)CC. The summed E-state index contributed by atoms with van der Waals surface area (Å²) in [7, 11) is 3.19. The first-order valence-electron chi connectivity index (χ1n) is 9.10. The van der Waals surface area contributed by atoms with Gasteiger partial charge in [0.2, 0.25) is 11.7 Å². The summed E-state index contributed by atoms with van der Waals surface area (Å²) in [6.07, 6.45) is 1.41. The molecule has 0 unspecified atom stereocenters. The lowest BCUT2D eigenvalue weighted by Crippen LogP contribution is -2.37. The topological polar surface area (TPSA) is 60.9 Å². The third-order valence-electron chi connectivity index (χ3n) is 4.40. The van der Waals surface area contributed by atoms with Gasteiger partial charge < -0.3 is 19.1 Å². The average Bonchev–Trinajstić information content (AvgIpc) is 3.16. The maximum absolute atomic E-state index is 12.2. The molecule has 6 nitrogen and oxygen atoms in total. The molecule has 0 N–H and O–H groups in total. The van der Waals surface area contributed by atoms with E-state index in [9.17, 15) is 4.79 Å². The Morgan fingerprint density at radius 1 is 1.22 bits per heavy atom. The number of thiazole rings is 1. The molecule has 1 atom stereocenters. The number of amides is 1. The molecule has 1 aromatic carbocycles. The van der Waals surface area contributed by atoms with Gasteiger partial charge in [-0.25, -0.2) is 4.98 Å². The number of para-hydroxylation sites is 1. The average molecular weight is 393 g/mol. The number of ether oxygens (including phenoxy) is 3. The first kappa shape index (κ1) is 21.0. The molecule has 1 aromatic heterocycles. The van der Waals surface area contributed by atoms with E-state index in [4.69, 9.17) is 14.2 Å². The van der Waals surface area contributed by atoms with Crippen LogP contribution in [0.25, 0.3) is 0 Å². The molecule has 0 bridgehead atoms. The summed E-state index contributed by atoms with van der Waals surface area (Å²) in [6, 6.07) is 5.69. The van der Waals surface area contributed by atoms with E-state index in [1.807, 2.05) is 35.4 Å². The van der Waals surface area contributed by atoms with Crippen LogP contribution in [0.4, 0.5) is 0 Å². The maximum atomic E-state index is 12.2. The van der Waals surface area contributed by atoms with Crippen molar-refractivity contribution in [2.75, 3.05) is 14.2 Å². The lowest BCUT2D eigenvalue weighted by molar-refractivity contribution is -0.133. The minimum atomic E-state index is 0.147. The van der Waals surface area contributed by atoms with Crippen LogP contribution in [0.2, 0.25) is 0 Å². The lowest BCUT2D eigenvalue weighted by Gasteiger charge is -2.27. The molecule has 7 heteroatoms. The van der Waals surface area contributed by atoms with Gasteiger partial charge in [-0.05, 0) is 25.5 Å². The van der Waals surface area contributed by atoms with E-state index in [-0.39, 0.29) is 11.9 Å². The number of hydrogen-bond acceptors (Lipinski definition) is 6. The highest BCUT2D eigenvalue weighted by Crippen LogP contribution is 2.37. The predicted molar refractivity (Wildman–Crippen MR) is 107 cm³/mol. The Balaban J connectivity index is 2.07. The van der Waals surface area contributed by atoms with E-state index < -0.39 is 0 Å². The highest BCUT2D eigenvalue weighted by atomic mass is 32.1. The second kappa shape index (κ2) is 10.2. The molecule has 2 aromatic rings. The van der Waals surface area contributed by atoms with E-state index in [0.717, 1.165) is 17.1 Å². The van der Waals surface area contributed by atoms with Crippen LogP contribution in [0.5, 0.6) is 17.2 Å². The fourth-order valence-electron chi connectivity index (χ4n) is 2.67. The third-order valence-corrected chi connectivity index (χ3v) is 5.27. The van der Waals surface area contributed by atoms with E-state index in [0.29, 0.717) is 36.8 Å². The molecule has 0 fully saturated rings. The molecule has 0 saturated carbocycles. The Labute approximate surface area is 165 Å². The van der Waals surface area contributed by atoms with Gasteiger partial charge in [0.15, 0.2) is 11.5 Å². The smallest absolute Gasteiger partial charge is 0.222 e. The minimum absolute atomic E-state index is 0.147. The van der Waals surface area contributed by atoms with Gasteiger partial charge in [0.05, 0.1) is 26.5 Å². The van der Waals surface area contributed by atoms with Crippen molar-refractivity contribution in [2.45, 2.75) is 52.8 Å². The van der Waals surface area contributed by atoms with Crippen LogP contribution in [0.1, 0.15) is 44.3 Å². The van der Waals surface area contributed by atoms with E-state index >= 15 is 0 Å². The molecule has 0 aliphatic rings. The second-order valence-electron chi connectivity index (χ2n) is 6.15. The second-order valence-corrected chi connectivity index (χ2v) is 7.09. The van der Waals surface area contributed by atoms with Crippen molar-refractivity contribution < 1.29 is 19.0 Å². The number of hydrogen-bond donors (Lipinski definition) is 0. The standard InChI is InChI=1S/C20H28N2O4S/c1-6-14(3)22(19(23)7-2)11-15-13-27-18(21-15)12-26-20-16(24-4)9-8-10-17(20)25-5/h8-10,13-14H,6-7,11-12H2,1-5H3/t14-/m0/s1. The Bertz CT molecular complexity index is 725. The summed E-state index contributed by atoms with van der Waals surface area (Å²) >= 11 is 1.52. The van der Waals surface area contributed by atoms with Crippen molar-refractivity contribution in [3.8, 4) is 17.2 Å². The highest BCUT2D eigenvalue weighted by Gasteiger charge is 2.19. The van der Waals surface area contributed by atoms with Crippen molar-refractivity contribution in [1.29, 1.82) is 0 Å². The van der Waals surface area contributed by atoms with Crippen LogP contribution in [0, 0.1) is 0 Å². The number of carbonyl (C=O) groups is 1. The molecule has 0 aliphatic carbocycles. The molecule has 27 heavy (non-hydrogen) atoms. The van der Waals surface area contributed by atoms with E-state index in [2.05, 4.69) is 18.8 Å². The fraction of sp³-hybridized carbons (Fsp3) is 0.500. The summed E-state index contributed by atoms with van der Waals surface area (Å²) < 4.78 is 16.6. The Kier molecular flexibility index (Phi) is 7.91. The molecule has 0 spiro atoms. The first-order valence-corrected chi connectivity index (χ1v) is 9.98. The Hall–Kier alpha value is -2.28. The molecule has 2 rings (SSSR count). The van der Waals surface area contributed by atoms with Crippen LogP contribution >= 0.6 is 11.3 Å². The number of aromatic nitrogens is 1. The number of rotatable bonds is 10. The molecule has 1 amide bonds. The van der Waals surface area contributed by atoms with Crippen molar-refractivity contribution in [3.63, 3.8) is 0 Å². The number of nitrogens with zero attached hydrogens (tertiary/aromatic N) is 2. The van der Waals surface area contributed by atoms with Gasteiger partial charge in [0.25, 0.3) is 0 Å². The van der Waals surface area contributed by atoms with Gasteiger partial charge in [0.1, 0.15) is 11.6 Å². The fourth-order valence-corrected chi connectivity index (χ4v) is 3.37. The van der Waals surface area contributed by atoms with Crippen LogP contribution in [-0.4, -0.2) is 36.1 Å². The van der Waals surface area contributed by atoms with Crippen molar-refractivity contribution >= 4 is 17.2 Å². The summed E-state index contributed by atoms with van der Waals surface area (Å²) in [5, 5.41) is 2.82. The van der Waals surface area contributed by atoms with Gasteiger partial charge in [-0.2, -0.15) is 0 Å². The molecule has 0 radical (unpaired) electrons. The third kappa shape index (κ3) is 5.35. The number of methoxy groups -OCH3 is 2. The summed E-state index contributed by atoms with van der Waals surface area (Å²) in [5.74, 6) is 1.93. The van der Waals surface area contributed by atoms with Gasteiger partial charge in [-0.3, -0.25) is 4.79 Å². The number of carbonyl (C=O) groups excluding carboxylic acids is 1. The quantitative estimate of drug-likeness (QED) is 0.604. The zero-order chi connectivity index (χ0) is 19.8. The predicted octanol–water partition coefficient (Wildman–Crippen LogP) is 4.28. The number of benzene rings is 1. The van der Waals surface area contributed by atoms with Crippen molar-refractivity contribution in [3.05, 3.63) is 34.3 Å². The Morgan fingerprint density at radius 2 is 1.89 bits per heavy atom. The van der Waals surface area contributed by atoms with Crippen molar-refractivity contribution in [2.24, 2.45) is 0 Å². The largest absolute Gasteiger partial charge is 0.493 e. The minimum Gasteiger partial charge on any atom is -0.493 e. The molecular formula is C20H28N2O4S. The van der Waals surface area contributed by atoms with Crippen LogP contribution in [0.3, 0.4) is 0 Å². The molecule has 1 heterocycles. The first-order chi connectivity index (χ1) is 13.0. The monoisotopic (exact) mass is 392 g/mol. The van der Waals surface area contributed by atoms with Gasteiger partial charge in [-0.1, -0.05) is 19.9 Å². The van der Waals surface area contributed by atoms with E-state index in [1.54, 1.807) is 14.2 Å². The van der Waals surface area contributed by atoms with Crippen LogP contribution < -0.4 is 14.2 Å². The summed E-state index contributed by atoms with van der Waals surface area (Å²) in [5.41, 5.74) is 0.882. The zero-order valence-corrected chi connectivity index (χ0v) is 17.5. The van der Waals surface area contributed by atoms with Gasteiger partial charge in [-0.15, -0.1) is 11.3 Å². The Morgan fingerprint density at radius 3 is 2.44 bits per heavy atom. The highest BCUT2D eigenvalue weighted by molar-refractivity contribution is 7.09. The molecule has 0 saturated heterocycles. The van der Waals surface area contributed by atoms with Gasteiger partial charge in [0, 0.05) is 17.8 Å². The van der Waals surface area contributed by atoms with Crippen molar-refractivity contribution in [1.82, 2.24) is 9.88 Å². The zero-order valence-electron chi connectivity index (χ0n) is 16.7. The summed E-state index contributed by atoms with van der Waals surface area (Å²) in [6.45, 7) is 6.88. The molecule has 0 aliphatic heterocycles.